The van der Waals surface area contributed by atoms with Crippen molar-refractivity contribution in [1.82, 2.24) is 4.90 Å². The van der Waals surface area contributed by atoms with Crippen LogP contribution in [-0.4, -0.2) is 29.7 Å². The van der Waals surface area contributed by atoms with Crippen LogP contribution >= 0.6 is 0 Å². The van der Waals surface area contributed by atoms with E-state index in [1.54, 1.807) is 6.26 Å². The quantitative estimate of drug-likeness (QED) is 0.853. The van der Waals surface area contributed by atoms with E-state index in [9.17, 15) is 5.11 Å². The molecule has 0 aliphatic carbocycles. The van der Waals surface area contributed by atoms with Crippen molar-refractivity contribution in [3.05, 3.63) is 48.7 Å². The molecule has 2 aromatic rings. The van der Waals surface area contributed by atoms with E-state index < -0.39 is 0 Å². The molecule has 3 nitrogen and oxygen atoms in total. The number of hydrogen-bond acceptors (Lipinski definition) is 3. The zero-order valence-electron chi connectivity index (χ0n) is 12.4. The van der Waals surface area contributed by atoms with Crippen LogP contribution in [0.25, 0.3) is 11.0 Å². The van der Waals surface area contributed by atoms with E-state index in [-0.39, 0.29) is 12.0 Å². The Morgan fingerprint density at radius 2 is 2.29 bits per heavy atom. The van der Waals surface area contributed by atoms with Crippen molar-refractivity contribution in [1.29, 1.82) is 0 Å². The molecule has 1 fully saturated rings. The van der Waals surface area contributed by atoms with Gasteiger partial charge >= 0.3 is 0 Å². The normalized spacial score (nSPS) is 23.5. The number of fused-ring (bicyclic) bond motifs is 1. The third kappa shape index (κ3) is 3.04. The number of likely N-dealkylation sites (tertiary alicyclic amines) is 1. The first kappa shape index (κ1) is 14.4. The Morgan fingerprint density at radius 3 is 3.10 bits per heavy atom. The summed E-state index contributed by atoms with van der Waals surface area (Å²) >= 11 is 0. The number of nitrogens with zero attached hydrogens (tertiary/aromatic N) is 1. The molecule has 1 saturated heterocycles. The van der Waals surface area contributed by atoms with Gasteiger partial charge in [-0.25, -0.2) is 0 Å². The fourth-order valence-corrected chi connectivity index (χ4v) is 3.48. The number of benzene rings is 1. The monoisotopic (exact) mass is 285 g/mol. The number of aliphatic hydroxyl groups is 1. The van der Waals surface area contributed by atoms with Gasteiger partial charge in [-0.2, -0.15) is 0 Å². The Hall–Kier alpha value is -1.58. The standard InChI is InChI=1S/C18H23NO2/c1-2-7-18(14-20)8-3-9-19(13-18)12-15-4-5-17-16(11-15)6-10-21-17/h2,4-6,10-11,20H,1,3,7-9,12-14H2/t18-/m1/s1. The molecule has 112 valence electrons. The Morgan fingerprint density at radius 1 is 1.38 bits per heavy atom. The van der Waals surface area contributed by atoms with Crippen molar-refractivity contribution in [2.24, 2.45) is 5.41 Å². The van der Waals surface area contributed by atoms with Crippen molar-refractivity contribution in [2.45, 2.75) is 25.8 Å². The van der Waals surface area contributed by atoms with Crippen LogP contribution in [0.2, 0.25) is 0 Å². The number of aliphatic hydroxyl groups excluding tert-OH is 1. The fraction of sp³-hybridized carbons (Fsp3) is 0.444. The predicted octanol–water partition coefficient (Wildman–Crippen LogP) is 3.58. The minimum absolute atomic E-state index is 0.000256. The summed E-state index contributed by atoms with van der Waals surface area (Å²) in [5, 5.41) is 10.9. The molecule has 1 atom stereocenters. The average molecular weight is 285 g/mol. The Kier molecular flexibility index (Phi) is 4.13. The van der Waals surface area contributed by atoms with Crippen molar-refractivity contribution in [2.75, 3.05) is 19.7 Å². The molecule has 1 aromatic carbocycles. The lowest BCUT2D eigenvalue weighted by molar-refractivity contribution is 0.0309. The molecule has 0 spiro atoms. The maximum absolute atomic E-state index is 9.78. The highest BCUT2D eigenvalue weighted by Gasteiger charge is 2.33. The summed E-state index contributed by atoms with van der Waals surface area (Å²) in [4.78, 5) is 2.45. The van der Waals surface area contributed by atoms with Crippen molar-refractivity contribution < 1.29 is 9.52 Å². The first-order valence-corrected chi connectivity index (χ1v) is 7.65. The molecule has 1 N–H and O–H groups in total. The van der Waals surface area contributed by atoms with Crippen molar-refractivity contribution in [3.63, 3.8) is 0 Å². The second-order valence-electron chi connectivity index (χ2n) is 6.26. The lowest BCUT2D eigenvalue weighted by Crippen LogP contribution is -2.44. The largest absolute Gasteiger partial charge is 0.464 e. The average Bonchev–Trinajstić information content (AvgIpc) is 2.95. The molecule has 21 heavy (non-hydrogen) atoms. The van der Waals surface area contributed by atoms with E-state index in [0.717, 1.165) is 49.9 Å². The summed E-state index contributed by atoms with van der Waals surface area (Å²) in [6, 6.07) is 8.37. The molecule has 1 aliphatic heterocycles. The Bertz CT molecular complexity index is 618. The van der Waals surface area contributed by atoms with E-state index in [0.29, 0.717) is 0 Å². The number of rotatable bonds is 5. The summed E-state index contributed by atoms with van der Waals surface area (Å²) in [5.41, 5.74) is 2.24. The van der Waals surface area contributed by atoms with Crippen LogP contribution in [0.15, 0.2) is 47.6 Å². The first-order chi connectivity index (χ1) is 10.2. The van der Waals surface area contributed by atoms with Gasteiger partial charge in [0.25, 0.3) is 0 Å². The topological polar surface area (TPSA) is 36.6 Å². The second kappa shape index (κ2) is 6.04. The summed E-state index contributed by atoms with van der Waals surface area (Å²) in [6.07, 6.45) is 6.80. The van der Waals surface area contributed by atoms with Gasteiger partial charge in [-0.1, -0.05) is 12.1 Å². The van der Waals surface area contributed by atoms with Gasteiger partial charge in [-0.3, -0.25) is 4.90 Å². The maximum Gasteiger partial charge on any atom is 0.133 e. The molecule has 0 bridgehead atoms. The molecule has 0 radical (unpaired) electrons. The molecule has 1 aromatic heterocycles. The zero-order valence-corrected chi connectivity index (χ0v) is 12.4. The molecule has 1 aliphatic rings. The van der Waals surface area contributed by atoms with Gasteiger partial charge in [-0.15, -0.1) is 6.58 Å². The van der Waals surface area contributed by atoms with Gasteiger partial charge in [0.05, 0.1) is 12.9 Å². The number of piperidine rings is 1. The van der Waals surface area contributed by atoms with E-state index in [1.807, 2.05) is 18.2 Å². The molecule has 0 unspecified atom stereocenters. The summed E-state index contributed by atoms with van der Waals surface area (Å²) in [5.74, 6) is 0. The lowest BCUT2D eigenvalue weighted by atomic mass is 9.78. The minimum Gasteiger partial charge on any atom is -0.464 e. The molecular formula is C18H23NO2. The van der Waals surface area contributed by atoms with Crippen LogP contribution in [0.5, 0.6) is 0 Å². The Labute approximate surface area is 125 Å². The highest BCUT2D eigenvalue weighted by molar-refractivity contribution is 5.77. The molecule has 0 amide bonds. The van der Waals surface area contributed by atoms with E-state index in [1.165, 1.54) is 5.56 Å². The van der Waals surface area contributed by atoms with E-state index >= 15 is 0 Å². The van der Waals surface area contributed by atoms with Gasteiger partial charge in [0, 0.05) is 23.9 Å². The SMILES string of the molecule is C=CC[C@@]1(CO)CCCN(Cc2ccc3occc3c2)C1. The van der Waals surface area contributed by atoms with Gasteiger partial charge in [0.2, 0.25) is 0 Å². The molecular weight excluding hydrogens is 262 g/mol. The van der Waals surface area contributed by atoms with Crippen LogP contribution in [0.3, 0.4) is 0 Å². The fourth-order valence-electron chi connectivity index (χ4n) is 3.48. The minimum atomic E-state index is -0.000256. The summed E-state index contributed by atoms with van der Waals surface area (Å²) < 4.78 is 5.39. The summed E-state index contributed by atoms with van der Waals surface area (Å²) in [6.45, 7) is 7.06. The molecule has 2 heterocycles. The van der Waals surface area contributed by atoms with E-state index in [2.05, 4.69) is 23.6 Å². The third-order valence-electron chi connectivity index (χ3n) is 4.58. The second-order valence-corrected chi connectivity index (χ2v) is 6.26. The van der Waals surface area contributed by atoms with Crippen LogP contribution in [0.4, 0.5) is 0 Å². The number of furan rings is 1. The Balaban J connectivity index is 1.72. The molecule has 3 heteroatoms. The van der Waals surface area contributed by atoms with Gasteiger partial charge in [0.15, 0.2) is 0 Å². The lowest BCUT2D eigenvalue weighted by Gasteiger charge is -2.41. The smallest absolute Gasteiger partial charge is 0.133 e. The predicted molar refractivity (Wildman–Crippen MR) is 85.1 cm³/mol. The number of hydrogen-bond donors (Lipinski definition) is 1. The highest BCUT2D eigenvalue weighted by atomic mass is 16.3. The van der Waals surface area contributed by atoms with Gasteiger partial charge < -0.3 is 9.52 Å². The molecule has 3 rings (SSSR count). The van der Waals surface area contributed by atoms with Crippen LogP contribution < -0.4 is 0 Å². The van der Waals surface area contributed by atoms with Crippen LogP contribution in [0, 0.1) is 5.41 Å². The van der Waals surface area contributed by atoms with Crippen LogP contribution in [-0.2, 0) is 6.54 Å². The van der Waals surface area contributed by atoms with Crippen molar-refractivity contribution in [3.8, 4) is 0 Å². The van der Waals surface area contributed by atoms with Crippen molar-refractivity contribution >= 4 is 11.0 Å². The molecule has 0 saturated carbocycles. The maximum atomic E-state index is 9.78. The van der Waals surface area contributed by atoms with E-state index in [4.69, 9.17) is 4.42 Å². The van der Waals surface area contributed by atoms with Crippen LogP contribution in [0.1, 0.15) is 24.8 Å². The zero-order chi connectivity index (χ0) is 14.7. The van der Waals surface area contributed by atoms with Gasteiger partial charge in [0.1, 0.15) is 5.58 Å². The van der Waals surface area contributed by atoms with Gasteiger partial charge in [-0.05, 0) is 49.6 Å². The first-order valence-electron chi connectivity index (χ1n) is 7.65. The highest BCUT2D eigenvalue weighted by Crippen LogP contribution is 2.34. The third-order valence-corrected chi connectivity index (χ3v) is 4.58. The summed E-state index contributed by atoms with van der Waals surface area (Å²) in [7, 11) is 0. The number of allylic oxidation sites excluding steroid dienone is 1.